The number of aryl methyl sites for hydroxylation is 1. The van der Waals surface area contributed by atoms with Gasteiger partial charge in [-0.3, -0.25) is 15.0 Å². The van der Waals surface area contributed by atoms with Crippen molar-refractivity contribution < 1.29 is 4.92 Å². The SMILES string of the molecule is CC1=CC(C)(C)NC(=S)N1c1ccc([N+](=O)[O-])cc1C. The van der Waals surface area contributed by atoms with E-state index >= 15 is 0 Å². The van der Waals surface area contributed by atoms with Crippen LogP contribution in [0.2, 0.25) is 0 Å². The van der Waals surface area contributed by atoms with Crippen molar-refractivity contribution >= 4 is 28.7 Å². The highest BCUT2D eigenvalue weighted by Gasteiger charge is 2.28. The standard InChI is InChI=1S/C14H17N3O2S/c1-9-7-11(17(18)19)5-6-12(9)16-10(2)8-14(3,4)15-13(16)20/h5-8H,1-4H3,(H,15,20). The van der Waals surface area contributed by atoms with Gasteiger partial charge in [-0.2, -0.15) is 0 Å². The second-order valence-corrected chi connectivity index (χ2v) is 5.89. The minimum Gasteiger partial charge on any atom is -0.354 e. The van der Waals surface area contributed by atoms with Crippen LogP contribution in [0.25, 0.3) is 0 Å². The third-order valence-electron chi connectivity index (χ3n) is 3.19. The van der Waals surface area contributed by atoms with E-state index in [0.717, 1.165) is 16.9 Å². The summed E-state index contributed by atoms with van der Waals surface area (Å²) >= 11 is 5.42. The number of nitro benzene ring substituents is 1. The monoisotopic (exact) mass is 291 g/mol. The predicted octanol–water partition coefficient (Wildman–Crippen LogP) is 3.28. The van der Waals surface area contributed by atoms with E-state index in [1.807, 2.05) is 32.6 Å². The summed E-state index contributed by atoms with van der Waals surface area (Å²) in [5, 5.41) is 14.6. The predicted molar refractivity (Wildman–Crippen MR) is 83.9 cm³/mol. The summed E-state index contributed by atoms with van der Waals surface area (Å²) < 4.78 is 0. The zero-order chi connectivity index (χ0) is 15.1. The van der Waals surface area contributed by atoms with Crippen LogP contribution in [-0.4, -0.2) is 15.6 Å². The molecular weight excluding hydrogens is 274 g/mol. The van der Waals surface area contributed by atoms with Gasteiger partial charge >= 0.3 is 0 Å². The number of hydrogen-bond acceptors (Lipinski definition) is 3. The highest BCUT2D eigenvalue weighted by atomic mass is 32.1. The molecule has 5 nitrogen and oxygen atoms in total. The van der Waals surface area contributed by atoms with Crippen molar-refractivity contribution in [2.45, 2.75) is 33.2 Å². The summed E-state index contributed by atoms with van der Waals surface area (Å²) in [5.41, 5.74) is 2.58. The number of thiocarbonyl (C=S) groups is 1. The van der Waals surface area contributed by atoms with Gasteiger partial charge in [-0.05, 0) is 57.6 Å². The smallest absolute Gasteiger partial charge is 0.269 e. The van der Waals surface area contributed by atoms with E-state index in [9.17, 15) is 10.1 Å². The Labute approximate surface area is 123 Å². The van der Waals surface area contributed by atoms with Gasteiger partial charge in [-0.25, -0.2) is 0 Å². The molecule has 0 saturated heterocycles. The van der Waals surface area contributed by atoms with Gasteiger partial charge in [0.1, 0.15) is 0 Å². The third kappa shape index (κ3) is 2.65. The number of non-ortho nitro benzene ring substituents is 1. The molecule has 6 heteroatoms. The lowest BCUT2D eigenvalue weighted by molar-refractivity contribution is -0.384. The van der Waals surface area contributed by atoms with Gasteiger partial charge in [-0.15, -0.1) is 0 Å². The Morgan fingerprint density at radius 1 is 1.35 bits per heavy atom. The Morgan fingerprint density at radius 2 is 2.00 bits per heavy atom. The van der Waals surface area contributed by atoms with Crippen LogP contribution in [0.15, 0.2) is 30.0 Å². The Morgan fingerprint density at radius 3 is 2.50 bits per heavy atom. The van der Waals surface area contributed by atoms with Gasteiger partial charge in [-0.1, -0.05) is 0 Å². The lowest BCUT2D eigenvalue weighted by Crippen LogP contribution is -2.53. The zero-order valence-corrected chi connectivity index (χ0v) is 12.7. The summed E-state index contributed by atoms with van der Waals surface area (Å²) in [6, 6.07) is 4.79. The summed E-state index contributed by atoms with van der Waals surface area (Å²) in [6.07, 6.45) is 2.09. The molecule has 0 aliphatic carbocycles. The van der Waals surface area contributed by atoms with E-state index in [4.69, 9.17) is 12.2 Å². The average Bonchev–Trinajstić information content (AvgIpc) is 2.28. The van der Waals surface area contributed by atoms with Crippen LogP contribution in [-0.2, 0) is 0 Å². The van der Waals surface area contributed by atoms with Gasteiger partial charge in [0.15, 0.2) is 5.11 Å². The normalized spacial score (nSPS) is 17.5. The van der Waals surface area contributed by atoms with Gasteiger partial charge in [0, 0.05) is 17.8 Å². The fraction of sp³-hybridized carbons (Fsp3) is 0.357. The van der Waals surface area contributed by atoms with Crippen molar-refractivity contribution in [2.75, 3.05) is 4.90 Å². The highest BCUT2D eigenvalue weighted by molar-refractivity contribution is 7.80. The number of nitro groups is 1. The number of rotatable bonds is 2. The molecule has 0 spiro atoms. The van der Waals surface area contributed by atoms with E-state index < -0.39 is 4.92 Å². The topological polar surface area (TPSA) is 58.4 Å². The molecule has 0 bridgehead atoms. The molecule has 0 aromatic heterocycles. The second-order valence-electron chi connectivity index (χ2n) is 5.50. The van der Waals surface area contributed by atoms with E-state index in [-0.39, 0.29) is 11.2 Å². The van der Waals surface area contributed by atoms with Gasteiger partial charge in [0.2, 0.25) is 0 Å². The first-order valence-electron chi connectivity index (χ1n) is 6.28. The number of anilines is 1. The van der Waals surface area contributed by atoms with E-state index in [1.165, 1.54) is 6.07 Å². The van der Waals surface area contributed by atoms with Crippen LogP contribution < -0.4 is 10.2 Å². The average molecular weight is 291 g/mol. The van der Waals surface area contributed by atoms with Crippen LogP contribution in [0.4, 0.5) is 11.4 Å². The van der Waals surface area contributed by atoms with Crippen molar-refractivity contribution in [3.63, 3.8) is 0 Å². The second kappa shape index (κ2) is 4.86. The molecule has 0 amide bonds. The molecule has 106 valence electrons. The Balaban J connectivity index is 2.47. The molecular formula is C14H17N3O2S. The molecule has 0 unspecified atom stereocenters. The maximum Gasteiger partial charge on any atom is 0.269 e. The molecule has 0 atom stereocenters. The van der Waals surface area contributed by atoms with Crippen molar-refractivity contribution in [1.82, 2.24) is 5.32 Å². The first-order chi connectivity index (χ1) is 9.21. The molecule has 1 N–H and O–H groups in total. The van der Waals surface area contributed by atoms with E-state index in [1.54, 1.807) is 12.1 Å². The quantitative estimate of drug-likeness (QED) is 0.515. The fourth-order valence-corrected chi connectivity index (χ4v) is 2.92. The minimum atomic E-state index is -0.393. The molecule has 2 rings (SSSR count). The fourth-order valence-electron chi connectivity index (χ4n) is 2.42. The molecule has 1 aromatic carbocycles. The van der Waals surface area contributed by atoms with Gasteiger partial charge < -0.3 is 5.32 Å². The summed E-state index contributed by atoms with van der Waals surface area (Å²) in [7, 11) is 0. The molecule has 1 aliphatic heterocycles. The first-order valence-corrected chi connectivity index (χ1v) is 6.69. The number of hydrogen-bond donors (Lipinski definition) is 1. The van der Waals surface area contributed by atoms with Gasteiger partial charge in [0.25, 0.3) is 5.69 Å². The van der Waals surface area contributed by atoms with Crippen molar-refractivity contribution in [2.24, 2.45) is 0 Å². The summed E-state index contributed by atoms with van der Waals surface area (Å²) in [4.78, 5) is 12.3. The molecule has 1 aliphatic rings. The van der Waals surface area contributed by atoms with Crippen LogP contribution in [0.5, 0.6) is 0 Å². The Kier molecular flexibility index (Phi) is 3.52. The number of allylic oxidation sites excluding steroid dienone is 1. The van der Waals surface area contributed by atoms with Crippen LogP contribution >= 0.6 is 12.2 Å². The Hall–Kier alpha value is -1.95. The molecule has 0 fully saturated rings. The molecule has 20 heavy (non-hydrogen) atoms. The molecule has 0 radical (unpaired) electrons. The van der Waals surface area contributed by atoms with Crippen LogP contribution in [0.3, 0.4) is 0 Å². The largest absolute Gasteiger partial charge is 0.354 e. The summed E-state index contributed by atoms with van der Waals surface area (Å²) in [5.74, 6) is 0. The lowest BCUT2D eigenvalue weighted by atomic mass is 10.0. The van der Waals surface area contributed by atoms with Crippen molar-refractivity contribution in [1.29, 1.82) is 0 Å². The number of benzene rings is 1. The maximum absolute atomic E-state index is 10.8. The molecule has 0 saturated carbocycles. The Bertz CT molecular complexity index is 623. The van der Waals surface area contributed by atoms with Crippen molar-refractivity contribution in [3.05, 3.63) is 45.6 Å². The highest BCUT2D eigenvalue weighted by Crippen LogP contribution is 2.30. The van der Waals surface area contributed by atoms with Crippen LogP contribution in [0.1, 0.15) is 26.3 Å². The number of nitrogens with zero attached hydrogens (tertiary/aromatic N) is 2. The van der Waals surface area contributed by atoms with Crippen molar-refractivity contribution in [3.8, 4) is 0 Å². The summed E-state index contributed by atoms with van der Waals surface area (Å²) in [6.45, 7) is 7.92. The number of nitrogens with one attached hydrogen (secondary N) is 1. The lowest BCUT2D eigenvalue weighted by Gasteiger charge is -2.38. The van der Waals surface area contributed by atoms with Gasteiger partial charge in [0.05, 0.1) is 16.1 Å². The first kappa shape index (κ1) is 14.5. The third-order valence-corrected chi connectivity index (χ3v) is 3.47. The molecule has 1 aromatic rings. The van der Waals surface area contributed by atoms with Crippen LogP contribution in [0, 0.1) is 17.0 Å². The van der Waals surface area contributed by atoms with E-state index in [0.29, 0.717) is 5.11 Å². The molecule has 1 heterocycles. The zero-order valence-electron chi connectivity index (χ0n) is 11.9. The van der Waals surface area contributed by atoms with E-state index in [2.05, 4.69) is 11.4 Å². The minimum absolute atomic E-state index is 0.0871. The maximum atomic E-state index is 10.8.